The van der Waals surface area contributed by atoms with Crippen LogP contribution in [0.15, 0.2) is 89.0 Å². The molecule has 0 aliphatic carbocycles. The molecule has 10 rings (SSSR count). The molecule has 0 saturated heterocycles. The van der Waals surface area contributed by atoms with Crippen LogP contribution < -0.4 is 53.2 Å². The Hall–Kier alpha value is -5.02. The summed E-state index contributed by atoms with van der Waals surface area (Å²) in [6.45, 7) is 12.5. The molecule has 12 radical (unpaired) electrons. The summed E-state index contributed by atoms with van der Waals surface area (Å²) in [7, 11) is 26.3. The van der Waals surface area contributed by atoms with E-state index in [1.54, 1.807) is 44.0 Å². The van der Waals surface area contributed by atoms with Crippen molar-refractivity contribution in [1.82, 2.24) is 19.9 Å². The quantitative estimate of drug-likeness (QED) is 0.127. The van der Waals surface area contributed by atoms with E-state index < -0.39 is 0 Å². The fourth-order valence-electron chi connectivity index (χ4n) is 7.35. The molecular weight excluding hydrogens is 834 g/mol. The number of aryl methyl sites for hydroxylation is 5. The van der Waals surface area contributed by atoms with Crippen LogP contribution in [0.25, 0.3) is 21.0 Å². The zero-order valence-corrected chi connectivity index (χ0v) is 39.0. The van der Waals surface area contributed by atoms with Crippen LogP contribution in [0.1, 0.15) is 60.1 Å². The topological polar surface area (TPSA) is 150 Å². The molecule has 6 aromatic heterocycles. The zero-order chi connectivity index (χ0) is 45.7. The highest BCUT2D eigenvalue weighted by Gasteiger charge is 2.16. The maximum atomic E-state index is 5.48. The Morgan fingerprint density at radius 1 is 0.554 bits per heavy atom. The van der Waals surface area contributed by atoms with Crippen molar-refractivity contribution in [1.29, 1.82) is 0 Å². The molecule has 4 aliphatic heterocycles. The highest BCUT2D eigenvalue weighted by Crippen LogP contribution is 2.26. The van der Waals surface area contributed by atoms with Gasteiger partial charge in [-0.15, -0.1) is 11.3 Å². The molecule has 308 valence electrons. The molecule has 12 nitrogen and oxygen atoms in total. The molecule has 10 heterocycles. The number of rotatable bonds is 13. The van der Waals surface area contributed by atoms with Crippen molar-refractivity contribution in [3.8, 4) is 21.0 Å². The zero-order valence-electron chi connectivity index (χ0n) is 37.4. The van der Waals surface area contributed by atoms with Crippen LogP contribution in [0, 0.1) is 13.8 Å². The van der Waals surface area contributed by atoms with Gasteiger partial charge in [-0.3, -0.25) is 59.9 Å². The van der Waals surface area contributed by atoms with E-state index in [-0.39, 0.29) is 0 Å². The summed E-state index contributed by atoms with van der Waals surface area (Å²) >= 11 is 3.46. The van der Waals surface area contributed by atoms with Crippen molar-refractivity contribution in [2.75, 3.05) is 26.7 Å². The predicted molar refractivity (Wildman–Crippen MR) is 269 cm³/mol. The molecule has 0 fully saturated rings. The number of hydrogen-bond donors (Lipinski definition) is 0. The molecule has 65 heavy (non-hydrogen) atoms. The number of fused-ring (bicyclic) bond motifs is 4. The first-order valence-electron chi connectivity index (χ1n) is 21.6. The third-order valence-corrected chi connectivity index (χ3v) is 12.9. The van der Waals surface area contributed by atoms with Crippen molar-refractivity contribution < 1.29 is 0 Å². The van der Waals surface area contributed by atoms with Crippen LogP contribution in [0.5, 0.6) is 0 Å². The van der Waals surface area contributed by atoms with Gasteiger partial charge in [-0.05, 0) is 79.1 Å². The average molecular weight is 875 g/mol. The third-order valence-electron chi connectivity index (χ3n) is 10.6. The summed E-state index contributed by atoms with van der Waals surface area (Å²) in [4.78, 5) is 56.4. The molecule has 4 aliphatic rings. The Bertz CT molecular complexity index is 3150. The number of hydrogen-bond acceptors (Lipinski definition) is 14. The lowest BCUT2D eigenvalue weighted by Crippen LogP contribution is -2.46. The number of thiophene rings is 2. The summed E-state index contributed by atoms with van der Waals surface area (Å²) in [6.07, 6.45) is 12.4. The molecule has 0 spiro atoms. The van der Waals surface area contributed by atoms with Gasteiger partial charge in [0, 0.05) is 90.1 Å². The van der Waals surface area contributed by atoms with Gasteiger partial charge in [-0.1, -0.05) is 33.3 Å². The van der Waals surface area contributed by atoms with Crippen LogP contribution >= 0.6 is 22.7 Å². The summed E-state index contributed by atoms with van der Waals surface area (Å²) in [6, 6.07) is 8.45. The lowest BCUT2D eigenvalue weighted by molar-refractivity contribution is 0.887. The lowest BCUT2D eigenvalue weighted by atomic mass is 9.27. The second kappa shape index (κ2) is 23.4. The molecule has 0 amide bonds. The van der Waals surface area contributed by atoms with E-state index in [1.807, 2.05) is 53.0 Å². The van der Waals surface area contributed by atoms with Gasteiger partial charge in [0.15, 0.2) is 0 Å². The summed E-state index contributed by atoms with van der Waals surface area (Å²) in [5.41, 5.74) is 8.22. The standard InChI is InChI=1S/C16H12B3N3S2.C10H12B3N3.C8H8B3N3.C8H9N3/c1-2-9-3-4-12(23-9)15-16-14(21-8-22-16)10(7-20-15)11-5-6-13(24-11)18-19-17;1-2-3-7-5-14-8(4-12-13-11)10-9(7)15-6-16-10;1-2-5-3-12-8(10-11-9)7-6(5)13-4-14-7;1-5-3-9-6(2)8-7(5)10-4-11-8/h3-7H,2,8H2,1H3;5H,2-4,6H2,1H3;3H,2,4H2,1H3;3H,4H2,1-2H3. The van der Waals surface area contributed by atoms with Crippen LogP contribution in [0.3, 0.4) is 0 Å². The first-order valence-corrected chi connectivity index (χ1v) is 23.2. The summed E-state index contributed by atoms with van der Waals surface area (Å²) in [5, 5.41) is 7.74. The second-order valence-corrected chi connectivity index (χ2v) is 17.1. The van der Waals surface area contributed by atoms with Gasteiger partial charge in [-0.25, -0.2) is 0 Å². The fraction of sp³-hybridized carbons (Fsp3) is 0.333. The molecule has 23 heteroatoms. The largest absolute Gasteiger partial charge is 0.270 e. The van der Waals surface area contributed by atoms with E-state index in [2.05, 4.69) is 99.9 Å². The van der Waals surface area contributed by atoms with E-state index in [1.165, 1.54) is 17.5 Å². The molecule has 0 bridgehead atoms. The minimum absolute atomic E-state index is 0.480. The lowest BCUT2D eigenvalue weighted by Gasteiger charge is -2.02. The maximum absolute atomic E-state index is 5.48. The van der Waals surface area contributed by atoms with E-state index in [0.29, 0.717) is 26.7 Å². The Balaban J connectivity index is 0.000000135. The maximum Gasteiger partial charge on any atom is 0.131 e. The molecule has 0 saturated carbocycles. The monoisotopic (exact) mass is 876 g/mol. The molecule has 6 aromatic rings. The minimum atomic E-state index is 0.480. The first-order chi connectivity index (χ1) is 31.8. The van der Waals surface area contributed by atoms with Gasteiger partial charge in [0.1, 0.15) is 62.8 Å². The van der Waals surface area contributed by atoms with Crippen LogP contribution in [0.4, 0.5) is 0 Å². The van der Waals surface area contributed by atoms with Crippen molar-refractivity contribution in [2.24, 2.45) is 39.9 Å². The highest BCUT2D eigenvalue weighted by atomic mass is 32.1. The summed E-state index contributed by atoms with van der Waals surface area (Å²) in [5.74, 6) is 0. The van der Waals surface area contributed by atoms with Crippen molar-refractivity contribution >= 4 is 98.9 Å². The van der Waals surface area contributed by atoms with Crippen LogP contribution in [0.2, 0.25) is 0 Å². The van der Waals surface area contributed by atoms with Gasteiger partial charge >= 0.3 is 0 Å². The normalized spacial score (nSPS) is 12.7. The van der Waals surface area contributed by atoms with Gasteiger partial charge in [0.05, 0.1) is 50.2 Å². The molecule has 0 unspecified atom stereocenters. The second-order valence-electron chi connectivity index (χ2n) is 14.8. The summed E-state index contributed by atoms with van der Waals surface area (Å²) < 4.78 is 1.12. The van der Waals surface area contributed by atoms with Crippen molar-refractivity contribution in [2.45, 2.75) is 66.6 Å². The van der Waals surface area contributed by atoms with Gasteiger partial charge in [0.25, 0.3) is 0 Å². The molecule has 0 atom stereocenters. The van der Waals surface area contributed by atoms with Gasteiger partial charge in [-0.2, -0.15) is 11.3 Å². The van der Waals surface area contributed by atoms with Crippen molar-refractivity contribution in [3.05, 3.63) is 125 Å². The van der Waals surface area contributed by atoms with E-state index in [4.69, 9.17) is 28.2 Å². The Kier molecular flexibility index (Phi) is 17.3. The van der Waals surface area contributed by atoms with Crippen LogP contribution in [-0.4, -0.2) is 113 Å². The number of pyridine rings is 4. The molecule has 0 N–H and O–H groups in total. The molecule has 0 aromatic carbocycles. The SMILES string of the molecule is Cc1cnc(C)c2c1=NCN=2.[B][B][B]Cc1ncc(CCC)c2c1=NCN=2.[B][B][B]c1ccc(-c2cnc(-c3ccc(CC)s3)c3c2=NCN=3)s1.[B][B][B]c1ncc(CC)c2c1=NCN=2. The first kappa shape index (κ1) is 47.9. The number of aromatic nitrogens is 4. The average Bonchev–Trinajstić information content (AvgIpc) is 4.19. The molecular formula is C42H41B9N12S2. The van der Waals surface area contributed by atoms with Crippen molar-refractivity contribution in [3.63, 3.8) is 0 Å². The smallest absolute Gasteiger partial charge is 0.131 e. The van der Waals surface area contributed by atoms with Gasteiger partial charge < -0.3 is 0 Å². The Morgan fingerprint density at radius 2 is 1.22 bits per heavy atom. The van der Waals surface area contributed by atoms with E-state index >= 15 is 0 Å². The van der Waals surface area contributed by atoms with E-state index in [9.17, 15) is 0 Å². The third kappa shape index (κ3) is 11.3. The minimum Gasteiger partial charge on any atom is -0.270 e. The highest BCUT2D eigenvalue weighted by molar-refractivity contribution is 7.37. The Labute approximate surface area is 395 Å². The Morgan fingerprint density at radius 3 is 1.91 bits per heavy atom. The predicted octanol–water partition coefficient (Wildman–Crippen LogP) is -1.71. The fourth-order valence-corrected chi connectivity index (χ4v) is 9.22. The number of nitrogens with zero attached hydrogens (tertiary/aromatic N) is 12. The van der Waals surface area contributed by atoms with Crippen LogP contribution in [-0.2, 0) is 25.6 Å². The van der Waals surface area contributed by atoms with E-state index in [0.717, 1.165) is 129 Å². The van der Waals surface area contributed by atoms with Gasteiger partial charge in [0.2, 0.25) is 0 Å².